The van der Waals surface area contributed by atoms with E-state index in [1.807, 2.05) is 6.92 Å². The fraction of sp³-hybridized carbons (Fsp3) is 0.429. The Morgan fingerprint density at radius 2 is 2.15 bits per heavy atom. The molecule has 0 fully saturated rings. The summed E-state index contributed by atoms with van der Waals surface area (Å²) in [5, 5.41) is 11.7. The van der Waals surface area contributed by atoms with Crippen LogP contribution < -0.4 is 15.8 Å². The Hall–Kier alpha value is -2.08. The average molecular weight is 280 g/mol. The minimum atomic E-state index is -0.950. The van der Waals surface area contributed by atoms with E-state index in [2.05, 4.69) is 5.32 Å². The predicted molar refractivity (Wildman–Crippen MR) is 76.1 cm³/mol. The summed E-state index contributed by atoms with van der Waals surface area (Å²) in [6.07, 6.45) is 1.21. The van der Waals surface area contributed by atoms with Gasteiger partial charge in [0.05, 0.1) is 19.3 Å². The Balaban J connectivity index is 2.66. The summed E-state index contributed by atoms with van der Waals surface area (Å²) in [4.78, 5) is 22.9. The van der Waals surface area contributed by atoms with E-state index in [-0.39, 0.29) is 12.3 Å². The van der Waals surface area contributed by atoms with Crippen molar-refractivity contribution in [2.24, 2.45) is 0 Å². The van der Waals surface area contributed by atoms with Crippen LogP contribution in [0.15, 0.2) is 18.2 Å². The fourth-order valence-corrected chi connectivity index (χ4v) is 1.83. The topological polar surface area (TPSA) is 102 Å². The lowest BCUT2D eigenvalue weighted by molar-refractivity contribution is -0.139. The lowest BCUT2D eigenvalue weighted by atomic mass is 10.1. The fourth-order valence-electron chi connectivity index (χ4n) is 1.83. The Labute approximate surface area is 117 Å². The molecule has 0 aliphatic carbocycles. The van der Waals surface area contributed by atoms with Gasteiger partial charge in [-0.3, -0.25) is 14.9 Å². The molecule has 6 nitrogen and oxygen atoms in total. The van der Waals surface area contributed by atoms with Crippen molar-refractivity contribution in [3.8, 4) is 5.75 Å². The summed E-state index contributed by atoms with van der Waals surface area (Å²) < 4.78 is 5.01. The number of rotatable bonds is 8. The summed E-state index contributed by atoms with van der Waals surface area (Å²) in [5.41, 5.74) is 6.53. The van der Waals surface area contributed by atoms with Crippen molar-refractivity contribution in [1.29, 1.82) is 0 Å². The first-order valence-corrected chi connectivity index (χ1v) is 6.42. The number of ether oxygens (including phenoxy) is 1. The van der Waals surface area contributed by atoms with Crippen molar-refractivity contribution >= 4 is 17.4 Å². The monoisotopic (exact) mass is 280 g/mol. The van der Waals surface area contributed by atoms with Gasteiger partial charge >= 0.3 is 5.97 Å². The zero-order chi connectivity index (χ0) is 15.1. The van der Waals surface area contributed by atoms with Crippen LogP contribution in [0.1, 0.15) is 30.1 Å². The molecule has 0 aromatic heterocycles. The number of hydrogen-bond acceptors (Lipinski definition) is 5. The van der Waals surface area contributed by atoms with Gasteiger partial charge < -0.3 is 15.6 Å². The molecule has 1 unspecified atom stereocenters. The average Bonchev–Trinajstić information content (AvgIpc) is 2.42. The third kappa shape index (κ3) is 4.24. The highest BCUT2D eigenvalue weighted by atomic mass is 16.5. The molecule has 4 N–H and O–H groups in total. The molecule has 0 amide bonds. The van der Waals surface area contributed by atoms with E-state index in [9.17, 15) is 9.59 Å². The number of aliphatic carboxylic acids is 1. The smallest absolute Gasteiger partial charge is 0.320 e. The lowest BCUT2D eigenvalue weighted by Gasteiger charge is -2.13. The van der Waals surface area contributed by atoms with Crippen molar-refractivity contribution in [2.45, 2.75) is 25.8 Å². The van der Waals surface area contributed by atoms with Gasteiger partial charge in [-0.05, 0) is 24.6 Å². The molecule has 1 aromatic carbocycles. The number of carboxylic acids is 1. The number of hydrogen-bond donors (Lipinski definition) is 3. The molecule has 0 aliphatic rings. The van der Waals surface area contributed by atoms with Crippen molar-refractivity contribution in [3.63, 3.8) is 0 Å². The first kappa shape index (κ1) is 16.0. The van der Waals surface area contributed by atoms with Gasteiger partial charge in [0.25, 0.3) is 0 Å². The number of ketones is 1. The van der Waals surface area contributed by atoms with E-state index in [0.717, 1.165) is 6.42 Å². The second-order valence-corrected chi connectivity index (χ2v) is 4.44. The number of nitrogen functional groups attached to an aromatic ring is 1. The minimum absolute atomic E-state index is 0.0390. The highest BCUT2D eigenvalue weighted by Crippen LogP contribution is 2.21. The van der Waals surface area contributed by atoms with Crippen molar-refractivity contribution in [2.75, 3.05) is 19.4 Å². The van der Waals surface area contributed by atoms with E-state index >= 15 is 0 Å². The lowest BCUT2D eigenvalue weighted by Crippen LogP contribution is -2.39. The van der Waals surface area contributed by atoms with Gasteiger partial charge in [-0.2, -0.15) is 0 Å². The van der Waals surface area contributed by atoms with E-state index < -0.39 is 12.0 Å². The Kier molecular flexibility index (Phi) is 5.99. The number of nitrogens with one attached hydrogen (secondary N) is 1. The van der Waals surface area contributed by atoms with Gasteiger partial charge in [-0.1, -0.05) is 13.3 Å². The molecule has 6 heteroatoms. The van der Waals surface area contributed by atoms with Crippen LogP contribution in [0.2, 0.25) is 0 Å². The van der Waals surface area contributed by atoms with Gasteiger partial charge in [-0.25, -0.2) is 0 Å². The molecule has 0 saturated carbocycles. The maximum Gasteiger partial charge on any atom is 0.320 e. The number of Topliss-reactive ketones (excluding diaryl/α,β-unsaturated/α-hetero) is 1. The number of benzene rings is 1. The maximum atomic E-state index is 12.0. The van der Waals surface area contributed by atoms with Crippen molar-refractivity contribution < 1.29 is 19.4 Å². The Morgan fingerprint density at radius 3 is 2.65 bits per heavy atom. The number of carbonyl (C=O) groups excluding carboxylic acids is 1. The Bertz CT molecular complexity index is 488. The largest absolute Gasteiger partial charge is 0.495 e. The molecule has 1 atom stereocenters. The third-order valence-electron chi connectivity index (χ3n) is 2.94. The summed E-state index contributed by atoms with van der Waals surface area (Å²) in [5.74, 6) is -0.653. The predicted octanol–water partition coefficient (Wildman–Crippen LogP) is 1.30. The molecule has 0 bridgehead atoms. The number of carbonyl (C=O) groups is 2. The first-order chi connectivity index (χ1) is 9.49. The molecular formula is C14H20N2O4. The minimum Gasteiger partial charge on any atom is -0.495 e. The second-order valence-electron chi connectivity index (χ2n) is 4.44. The summed E-state index contributed by atoms with van der Waals surface area (Å²) in [6, 6.07) is 4.04. The van der Waals surface area contributed by atoms with Gasteiger partial charge in [0.2, 0.25) is 0 Å². The van der Waals surface area contributed by atoms with Crippen molar-refractivity contribution in [3.05, 3.63) is 23.8 Å². The van der Waals surface area contributed by atoms with Crippen molar-refractivity contribution in [1.82, 2.24) is 5.32 Å². The van der Waals surface area contributed by atoms with Crippen LogP contribution in [0.25, 0.3) is 0 Å². The first-order valence-electron chi connectivity index (χ1n) is 6.42. The van der Waals surface area contributed by atoms with Gasteiger partial charge in [0.1, 0.15) is 11.8 Å². The standard InChI is InChI=1S/C14H20N2O4/c1-3-4-11(14(18)19)16-8-12(17)9-5-6-13(20-2)10(15)7-9/h5-7,11,16H,3-4,8,15H2,1-2H3,(H,18,19). The van der Waals surface area contributed by atoms with E-state index in [1.54, 1.807) is 12.1 Å². The SMILES string of the molecule is CCCC(NCC(=O)c1ccc(OC)c(N)c1)C(=O)O. The number of carboxylic acid groups (broad SMARTS) is 1. The van der Waals surface area contributed by atoms with Gasteiger partial charge in [-0.15, -0.1) is 0 Å². The van der Waals surface area contributed by atoms with Gasteiger partial charge in [0.15, 0.2) is 5.78 Å². The van der Waals surface area contributed by atoms with E-state index in [0.29, 0.717) is 23.4 Å². The summed E-state index contributed by atoms with van der Waals surface area (Å²) in [6.45, 7) is 1.85. The zero-order valence-electron chi connectivity index (χ0n) is 11.7. The maximum absolute atomic E-state index is 12.0. The second kappa shape index (κ2) is 7.49. The summed E-state index contributed by atoms with van der Waals surface area (Å²) in [7, 11) is 1.50. The quantitative estimate of drug-likeness (QED) is 0.490. The van der Waals surface area contributed by atoms with Crippen LogP contribution in [-0.4, -0.2) is 36.6 Å². The molecule has 0 spiro atoms. The molecule has 20 heavy (non-hydrogen) atoms. The molecule has 0 heterocycles. The Morgan fingerprint density at radius 1 is 1.45 bits per heavy atom. The third-order valence-corrected chi connectivity index (χ3v) is 2.94. The van der Waals surface area contributed by atoms with Crippen LogP contribution in [0.3, 0.4) is 0 Å². The normalized spacial score (nSPS) is 11.9. The molecule has 0 aliphatic heterocycles. The van der Waals surface area contributed by atoms with Crippen LogP contribution in [-0.2, 0) is 4.79 Å². The van der Waals surface area contributed by atoms with Crippen LogP contribution in [0, 0.1) is 0 Å². The van der Waals surface area contributed by atoms with E-state index in [1.165, 1.54) is 13.2 Å². The molecule has 110 valence electrons. The van der Waals surface area contributed by atoms with Crippen LogP contribution >= 0.6 is 0 Å². The zero-order valence-corrected chi connectivity index (χ0v) is 11.7. The molecular weight excluding hydrogens is 260 g/mol. The number of nitrogens with two attached hydrogens (primary N) is 1. The molecule has 1 rings (SSSR count). The molecule has 0 saturated heterocycles. The number of anilines is 1. The number of methoxy groups -OCH3 is 1. The highest BCUT2D eigenvalue weighted by molar-refractivity contribution is 5.99. The van der Waals surface area contributed by atoms with Crippen LogP contribution in [0.5, 0.6) is 5.75 Å². The molecule has 1 aromatic rings. The summed E-state index contributed by atoms with van der Waals surface area (Å²) >= 11 is 0. The van der Waals surface area contributed by atoms with Gasteiger partial charge in [0, 0.05) is 5.56 Å². The van der Waals surface area contributed by atoms with E-state index in [4.69, 9.17) is 15.6 Å². The van der Waals surface area contributed by atoms with Crippen LogP contribution in [0.4, 0.5) is 5.69 Å². The molecule has 0 radical (unpaired) electrons. The highest BCUT2D eigenvalue weighted by Gasteiger charge is 2.17.